The SMILES string of the molecule is Cc1nc(Cl)nc(NCc2cccc(Cl)c2)c1N. The van der Waals surface area contributed by atoms with E-state index in [0.29, 0.717) is 28.8 Å². The van der Waals surface area contributed by atoms with Crippen molar-refractivity contribution < 1.29 is 0 Å². The molecular formula is C12H12Cl2N4. The minimum Gasteiger partial charge on any atom is -0.394 e. The quantitative estimate of drug-likeness (QED) is 0.848. The van der Waals surface area contributed by atoms with E-state index in [2.05, 4.69) is 15.3 Å². The maximum Gasteiger partial charge on any atom is 0.224 e. The summed E-state index contributed by atoms with van der Waals surface area (Å²) < 4.78 is 0. The molecule has 0 unspecified atom stereocenters. The van der Waals surface area contributed by atoms with E-state index in [1.165, 1.54) is 0 Å². The van der Waals surface area contributed by atoms with Crippen molar-refractivity contribution in [1.82, 2.24) is 9.97 Å². The van der Waals surface area contributed by atoms with E-state index >= 15 is 0 Å². The summed E-state index contributed by atoms with van der Waals surface area (Å²) in [5.41, 5.74) is 8.07. The summed E-state index contributed by atoms with van der Waals surface area (Å²) in [6.07, 6.45) is 0. The lowest BCUT2D eigenvalue weighted by atomic mass is 10.2. The Labute approximate surface area is 115 Å². The van der Waals surface area contributed by atoms with Crippen LogP contribution in [-0.2, 0) is 6.54 Å². The number of nitrogens with two attached hydrogens (primary N) is 1. The van der Waals surface area contributed by atoms with Gasteiger partial charge < -0.3 is 11.1 Å². The van der Waals surface area contributed by atoms with Gasteiger partial charge in [0, 0.05) is 11.6 Å². The lowest BCUT2D eigenvalue weighted by molar-refractivity contribution is 1.06. The molecule has 18 heavy (non-hydrogen) atoms. The van der Waals surface area contributed by atoms with E-state index in [0.717, 1.165) is 5.56 Å². The fourth-order valence-electron chi connectivity index (χ4n) is 1.51. The van der Waals surface area contributed by atoms with Crippen molar-refractivity contribution in [2.24, 2.45) is 0 Å². The van der Waals surface area contributed by atoms with Crippen LogP contribution in [0.3, 0.4) is 0 Å². The first-order valence-corrected chi connectivity index (χ1v) is 6.10. The van der Waals surface area contributed by atoms with Crippen molar-refractivity contribution in [3.8, 4) is 0 Å². The second-order valence-electron chi connectivity index (χ2n) is 3.82. The van der Waals surface area contributed by atoms with Gasteiger partial charge in [0.05, 0.1) is 11.4 Å². The van der Waals surface area contributed by atoms with Crippen LogP contribution in [0.25, 0.3) is 0 Å². The maximum absolute atomic E-state index is 5.91. The molecular weight excluding hydrogens is 271 g/mol. The summed E-state index contributed by atoms with van der Waals surface area (Å²) >= 11 is 11.7. The largest absolute Gasteiger partial charge is 0.394 e. The number of nitrogen functional groups attached to an aromatic ring is 1. The molecule has 1 aromatic carbocycles. The molecule has 2 aromatic rings. The summed E-state index contributed by atoms with van der Waals surface area (Å²) in [5, 5.41) is 3.99. The van der Waals surface area contributed by atoms with Crippen LogP contribution in [0.15, 0.2) is 24.3 Å². The number of aromatic nitrogens is 2. The molecule has 0 saturated heterocycles. The highest BCUT2D eigenvalue weighted by Gasteiger charge is 2.07. The van der Waals surface area contributed by atoms with Crippen LogP contribution >= 0.6 is 23.2 Å². The standard InChI is InChI=1S/C12H12Cl2N4/c1-7-10(15)11(18-12(14)17-7)16-6-8-3-2-4-9(13)5-8/h2-5H,6,15H2,1H3,(H,16,17,18). The molecule has 0 amide bonds. The molecule has 0 aliphatic carbocycles. The Kier molecular flexibility index (Phi) is 3.89. The second kappa shape index (κ2) is 5.42. The average molecular weight is 283 g/mol. The first-order valence-electron chi connectivity index (χ1n) is 5.34. The molecule has 0 spiro atoms. The Morgan fingerprint density at radius 3 is 2.78 bits per heavy atom. The lowest BCUT2D eigenvalue weighted by Crippen LogP contribution is -2.07. The van der Waals surface area contributed by atoms with E-state index in [1.807, 2.05) is 24.3 Å². The Morgan fingerprint density at radius 1 is 1.28 bits per heavy atom. The number of aryl methyl sites for hydroxylation is 1. The monoisotopic (exact) mass is 282 g/mol. The van der Waals surface area contributed by atoms with E-state index in [9.17, 15) is 0 Å². The normalized spacial score (nSPS) is 10.4. The van der Waals surface area contributed by atoms with Gasteiger partial charge in [-0.05, 0) is 36.2 Å². The minimum atomic E-state index is 0.176. The first kappa shape index (κ1) is 12.9. The Morgan fingerprint density at radius 2 is 2.06 bits per heavy atom. The maximum atomic E-state index is 5.91. The van der Waals surface area contributed by atoms with Gasteiger partial charge in [0.1, 0.15) is 0 Å². The molecule has 0 atom stereocenters. The summed E-state index contributed by atoms with van der Waals surface area (Å²) in [7, 11) is 0. The highest BCUT2D eigenvalue weighted by molar-refractivity contribution is 6.30. The highest BCUT2D eigenvalue weighted by Crippen LogP contribution is 2.21. The molecule has 4 nitrogen and oxygen atoms in total. The van der Waals surface area contributed by atoms with E-state index in [-0.39, 0.29) is 5.28 Å². The zero-order valence-corrected chi connectivity index (χ0v) is 11.3. The molecule has 2 rings (SSSR count). The summed E-state index contributed by atoms with van der Waals surface area (Å²) in [5.74, 6) is 0.535. The number of nitrogens with zero attached hydrogens (tertiary/aromatic N) is 2. The zero-order valence-electron chi connectivity index (χ0n) is 9.74. The van der Waals surface area contributed by atoms with Crippen molar-refractivity contribution in [1.29, 1.82) is 0 Å². The van der Waals surface area contributed by atoms with Gasteiger partial charge in [-0.25, -0.2) is 4.98 Å². The van der Waals surface area contributed by atoms with E-state index < -0.39 is 0 Å². The van der Waals surface area contributed by atoms with Gasteiger partial charge in [-0.3, -0.25) is 0 Å². The molecule has 0 saturated carbocycles. The third-order valence-electron chi connectivity index (χ3n) is 2.46. The number of hydrogen-bond acceptors (Lipinski definition) is 4. The zero-order chi connectivity index (χ0) is 13.1. The predicted octanol–water partition coefficient (Wildman–Crippen LogP) is 3.29. The van der Waals surface area contributed by atoms with Gasteiger partial charge in [-0.2, -0.15) is 4.98 Å². The Hall–Kier alpha value is -1.52. The lowest BCUT2D eigenvalue weighted by Gasteiger charge is -2.10. The molecule has 6 heteroatoms. The minimum absolute atomic E-state index is 0.176. The third-order valence-corrected chi connectivity index (χ3v) is 2.86. The first-order chi connectivity index (χ1) is 8.56. The molecule has 3 N–H and O–H groups in total. The molecule has 0 radical (unpaired) electrons. The smallest absolute Gasteiger partial charge is 0.224 e. The van der Waals surface area contributed by atoms with Crippen LogP contribution in [0.2, 0.25) is 10.3 Å². The molecule has 0 aliphatic heterocycles. The van der Waals surface area contributed by atoms with Crippen molar-refractivity contribution >= 4 is 34.7 Å². The average Bonchev–Trinajstić information content (AvgIpc) is 2.32. The molecule has 0 fully saturated rings. The van der Waals surface area contributed by atoms with Crippen LogP contribution in [-0.4, -0.2) is 9.97 Å². The molecule has 1 heterocycles. The van der Waals surface area contributed by atoms with Crippen LogP contribution in [0.5, 0.6) is 0 Å². The fraction of sp³-hybridized carbons (Fsp3) is 0.167. The van der Waals surface area contributed by atoms with Crippen LogP contribution < -0.4 is 11.1 Å². The summed E-state index contributed by atoms with van der Waals surface area (Å²) in [6, 6.07) is 7.55. The molecule has 0 bridgehead atoms. The van der Waals surface area contributed by atoms with Crippen molar-refractivity contribution in [3.63, 3.8) is 0 Å². The number of nitrogens with one attached hydrogen (secondary N) is 1. The number of hydrogen-bond donors (Lipinski definition) is 2. The van der Waals surface area contributed by atoms with Crippen LogP contribution in [0.4, 0.5) is 11.5 Å². The number of benzene rings is 1. The van der Waals surface area contributed by atoms with Crippen LogP contribution in [0.1, 0.15) is 11.3 Å². The Bertz CT molecular complexity index is 572. The Balaban J connectivity index is 2.15. The van der Waals surface area contributed by atoms with Crippen molar-refractivity contribution in [2.75, 3.05) is 11.1 Å². The fourth-order valence-corrected chi connectivity index (χ4v) is 1.94. The van der Waals surface area contributed by atoms with Gasteiger partial charge in [-0.1, -0.05) is 23.7 Å². The van der Waals surface area contributed by atoms with Gasteiger partial charge >= 0.3 is 0 Å². The van der Waals surface area contributed by atoms with Gasteiger partial charge in [0.2, 0.25) is 5.28 Å². The van der Waals surface area contributed by atoms with Gasteiger partial charge in [0.15, 0.2) is 5.82 Å². The van der Waals surface area contributed by atoms with Gasteiger partial charge in [-0.15, -0.1) is 0 Å². The number of rotatable bonds is 3. The van der Waals surface area contributed by atoms with Crippen molar-refractivity contribution in [3.05, 3.63) is 45.8 Å². The summed E-state index contributed by atoms with van der Waals surface area (Å²) in [4.78, 5) is 8.03. The second-order valence-corrected chi connectivity index (χ2v) is 4.60. The predicted molar refractivity (Wildman–Crippen MR) is 75.0 cm³/mol. The van der Waals surface area contributed by atoms with Crippen LogP contribution in [0, 0.1) is 6.92 Å². The van der Waals surface area contributed by atoms with E-state index in [1.54, 1.807) is 6.92 Å². The highest BCUT2D eigenvalue weighted by atomic mass is 35.5. The summed E-state index contributed by atoms with van der Waals surface area (Å²) in [6.45, 7) is 2.35. The third kappa shape index (κ3) is 3.03. The molecule has 1 aromatic heterocycles. The molecule has 0 aliphatic rings. The number of halogens is 2. The van der Waals surface area contributed by atoms with Gasteiger partial charge in [0.25, 0.3) is 0 Å². The van der Waals surface area contributed by atoms with Crippen molar-refractivity contribution in [2.45, 2.75) is 13.5 Å². The topological polar surface area (TPSA) is 63.8 Å². The number of anilines is 2. The molecule has 94 valence electrons. The van der Waals surface area contributed by atoms with E-state index in [4.69, 9.17) is 28.9 Å².